The molecule has 0 aromatic heterocycles. The van der Waals surface area contributed by atoms with Gasteiger partial charge in [-0.3, -0.25) is 4.55 Å². The second-order valence-corrected chi connectivity index (χ2v) is 6.48. The first kappa shape index (κ1) is 22.6. The molecule has 1 N–H and O–H groups in total. The Morgan fingerprint density at radius 3 is 1.86 bits per heavy atom. The molecule has 0 amide bonds. The Morgan fingerprint density at radius 2 is 1.38 bits per heavy atom. The predicted octanol–water partition coefficient (Wildman–Crippen LogP) is -5.93. The van der Waals surface area contributed by atoms with E-state index in [1.165, 1.54) is 6.07 Å². The maximum Gasteiger partial charge on any atom is 1.00 e. The topological polar surface area (TPSA) is 135 Å². The van der Waals surface area contributed by atoms with Crippen LogP contribution in [0.1, 0.15) is 0 Å². The number of hydrogen-bond acceptors (Lipinski definition) is 6. The Labute approximate surface area is 206 Å². The van der Waals surface area contributed by atoms with Gasteiger partial charge in [0.25, 0.3) is 10.1 Å². The van der Waals surface area contributed by atoms with Crippen molar-refractivity contribution in [2.24, 2.45) is 0 Å². The van der Waals surface area contributed by atoms with Crippen LogP contribution in [-0.2, 0) is 20.2 Å². The Balaban J connectivity index is 0.00000200. The summed E-state index contributed by atoms with van der Waals surface area (Å²) in [6, 6.07) is 5.03. The van der Waals surface area contributed by atoms with Crippen LogP contribution in [0.2, 0.25) is 0 Å². The first-order valence-electron chi connectivity index (χ1n) is 4.77. The summed E-state index contributed by atoms with van der Waals surface area (Å²) in [6.45, 7) is 0. The van der Waals surface area contributed by atoms with Gasteiger partial charge in [0.15, 0.2) is 0 Å². The maximum absolute atomic E-state index is 11.1. The number of fused-ring (bicyclic) bond motifs is 1. The maximum atomic E-state index is 11.1. The van der Waals surface area contributed by atoms with E-state index in [-0.39, 0.29) is 114 Å². The zero-order valence-corrected chi connectivity index (χ0v) is 19.0. The van der Waals surface area contributed by atoms with Crippen molar-refractivity contribution in [2.75, 3.05) is 0 Å². The van der Waals surface area contributed by atoms with Crippen LogP contribution in [0.3, 0.4) is 0 Å². The Kier molecular flexibility index (Phi) is 8.73. The molecule has 0 heterocycles. The van der Waals surface area contributed by atoms with E-state index < -0.39 is 35.8 Å². The molecule has 0 saturated heterocycles. The fourth-order valence-electron chi connectivity index (χ4n) is 1.63. The molecule has 0 unspecified atom stereocenters. The van der Waals surface area contributed by atoms with Gasteiger partial charge in [0, 0.05) is 0 Å². The summed E-state index contributed by atoms with van der Waals surface area (Å²) in [7, 11) is -9.99. The molecule has 0 spiro atoms. The molecule has 2 aromatic rings. The van der Waals surface area contributed by atoms with Crippen molar-refractivity contribution in [3.05, 3.63) is 30.3 Å². The van der Waals surface area contributed by atoms with Crippen LogP contribution >= 0.6 is 0 Å². The molecule has 0 bridgehead atoms. The molecule has 21 heavy (non-hydrogen) atoms. The predicted molar refractivity (Wildman–Crippen MR) is 61.2 cm³/mol. The van der Waals surface area contributed by atoms with E-state index in [1.54, 1.807) is 0 Å². The molecular formula is C10H6K2O7S2. The molecule has 0 atom stereocenters. The summed E-state index contributed by atoms with van der Waals surface area (Å²) in [6.07, 6.45) is 0. The third-order valence-electron chi connectivity index (χ3n) is 2.42. The van der Waals surface area contributed by atoms with Gasteiger partial charge in [-0.05, 0) is 22.9 Å². The average Bonchev–Trinajstić information content (AvgIpc) is 2.24. The van der Waals surface area contributed by atoms with Crippen molar-refractivity contribution in [1.29, 1.82) is 0 Å². The van der Waals surface area contributed by atoms with Crippen molar-refractivity contribution in [3.63, 3.8) is 0 Å². The Hall–Kier alpha value is 1.59. The SMILES string of the molecule is O=S(=O)([O-])c1cc2ccc([O-])cc2cc1S(=O)(=O)O.[K+].[K+]. The second kappa shape index (κ2) is 8.11. The van der Waals surface area contributed by atoms with Crippen LogP contribution in [0, 0.1) is 0 Å². The van der Waals surface area contributed by atoms with Gasteiger partial charge in [-0.25, -0.2) is 8.42 Å². The standard InChI is InChI=1S/C10H8O7S2.2K/c11-8-2-1-6-4-9(18(12,13)14)10(19(15,16)17)5-7(6)3-8;;/h1-5,11H,(H,12,13,14)(H,15,16,17);;/q;2*+1/p-2. The molecule has 0 fully saturated rings. The summed E-state index contributed by atoms with van der Waals surface area (Å²) < 4.78 is 64.2. The van der Waals surface area contributed by atoms with Gasteiger partial charge in [0.05, 0.1) is 4.90 Å². The summed E-state index contributed by atoms with van der Waals surface area (Å²) in [5, 5.41) is 11.4. The quantitative estimate of drug-likeness (QED) is 0.405. The molecule has 0 radical (unpaired) electrons. The summed E-state index contributed by atoms with van der Waals surface area (Å²) in [4.78, 5) is -2.10. The third kappa shape index (κ3) is 5.57. The number of rotatable bonds is 2. The summed E-state index contributed by atoms with van der Waals surface area (Å²) >= 11 is 0. The van der Waals surface area contributed by atoms with Crippen molar-refractivity contribution < 1.29 is 134 Å². The van der Waals surface area contributed by atoms with Gasteiger partial charge in [-0.15, -0.1) is 5.75 Å². The van der Waals surface area contributed by atoms with Crippen molar-refractivity contribution >= 4 is 31.0 Å². The minimum Gasteiger partial charge on any atom is -0.872 e. The van der Waals surface area contributed by atoms with E-state index in [4.69, 9.17) is 4.55 Å². The van der Waals surface area contributed by atoms with Gasteiger partial charge in [0.2, 0.25) is 0 Å². The minimum absolute atomic E-state index is 0. The van der Waals surface area contributed by atoms with Gasteiger partial charge in [0.1, 0.15) is 15.0 Å². The smallest absolute Gasteiger partial charge is 0.872 e. The first-order chi connectivity index (χ1) is 8.59. The fraction of sp³-hybridized carbons (Fsp3) is 0. The molecule has 7 nitrogen and oxygen atoms in total. The van der Waals surface area contributed by atoms with Crippen LogP contribution in [0.15, 0.2) is 40.1 Å². The van der Waals surface area contributed by atoms with Gasteiger partial charge in [-0.1, -0.05) is 18.2 Å². The summed E-state index contributed by atoms with van der Waals surface area (Å²) in [5.41, 5.74) is 0. The molecule has 102 valence electrons. The van der Waals surface area contributed by atoms with Crippen molar-refractivity contribution in [2.45, 2.75) is 9.79 Å². The molecule has 11 heteroatoms. The van der Waals surface area contributed by atoms with Crippen LogP contribution < -0.4 is 108 Å². The van der Waals surface area contributed by atoms with Crippen molar-refractivity contribution in [1.82, 2.24) is 0 Å². The van der Waals surface area contributed by atoms with Gasteiger partial charge >= 0.3 is 103 Å². The molecule has 0 aliphatic carbocycles. The minimum atomic E-state index is -5.09. The van der Waals surface area contributed by atoms with Crippen LogP contribution in [-0.4, -0.2) is 25.9 Å². The van der Waals surface area contributed by atoms with E-state index in [0.29, 0.717) is 0 Å². The number of benzene rings is 2. The van der Waals surface area contributed by atoms with Crippen LogP contribution in [0.25, 0.3) is 10.8 Å². The van der Waals surface area contributed by atoms with Crippen molar-refractivity contribution in [3.8, 4) is 5.75 Å². The largest absolute Gasteiger partial charge is 1.00 e. The summed E-state index contributed by atoms with van der Waals surface area (Å²) in [5.74, 6) is -0.425. The number of hydrogen-bond donors (Lipinski definition) is 1. The van der Waals surface area contributed by atoms with Crippen LogP contribution in [0.5, 0.6) is 5.75 Å². The van der Waals surface area contributed by atoms with E-state index in [9.17, 15) is 26.5 Å². The molecule has 0 aliphatic rings. The first-order valence-corrected chi connectivity index (χ1v) is 7.62. The molecular weight excluding hydrogens is 374 g/mol. The average molecular weight is 380 g/mol. The molecule has 2 rings (SSSR count). The van der Waals surface area contributed by atoms with E-state index in [1.807, 2.05) is 0 Å². The Morgan fingerprint density at radius 1 is 0.857 bits per heavy atom. The zero-order valence-electron chi connectivity index (χ0n) is 11.1. The fourth-order valence-corrected chi connectivity index (χ4v) is 3.42. The van der Waals surface area contributed by atoms with Gasteiger partial charge in [-0.2, -0.15) is 8.42 Å². The Bertz CT molecular complexity index is 876. The monoisotopic (exact) mass is 380 g/mol. The van der Waals surface area contributed by atoms with Crippen LogP contribution in [0.4, 0.5) is 0 Å². The van der Waals surface area contributed by atoms with E-state index >= 15 is 0 Å². The van der Waals surface area contributed by atoms with E-state index in [2.05, 4.69) is 0 Å². The van der Waals surface area contributed by atoms with E-state index in [0.717, 1.165) is 24.3 Å². The zero-order chi connectivity index (χ0) is 14.4. The normalized spacial score (nSPS) is 11.5. The molecule has 2 aromatic carbocycles. The molecule has 0 saturated carbocycles. The second-order valence-electron chi connectivity index (χ2n) is 3.74. The third-order valence-corrected chi connectivity index (χ3v) is 4.32. The molecule has 0 aliphatic heterocycles. The van der Waals surface area contributed by atoms with Gasteiger partial charge < -0.3 is 9.66 Å².